The minimum absolute atomic E-state index is 0.0707. The van der Waals surface area contributed by atoms with Crippen LogP contribution in [0.15, 0.2) is 0 Å². The van der Waals surface area contributed by atoms with Gasteiger partial charge in [-0.2, -0.15) is 4.89 Å². The van der Waals surface area contributed by atoms with Crippen LogP contribution in [0.25, 0.3) is 0 Å². The van der Waals surface area contributed by atoms with Crippen molar-refractivity contribution in [1.29, 1.82) is 0 Å². The number of hydrogen-bond acceptors (Lipinski definition) is 3. The first kappa shape index (κ1) is 9.86. The molecule has 2 saturated heterocycles. The Bertz CT molecular complexity index is 318. The van der Waals surface area contributed by atoms with Crippen LogP contribution in [0.1, 0.15) is 51.9 Å². The van der Waals surface area contributed by atoms with E-state index in [9.17, 15) is 0 Å². The van der Waals surface area contributed by atoms with Crippen molar-refractivity contribution in [2.24, 2.45) is 17.3 Å². The molecule has 3 heteroatoms. The van der Waals surface area contributed by atoms with Crippen molar-refractivity contribution in [1.82, 2.24) is 0 Å². The van der Waals surface area contributed by atoms with Crippen LogP contribution in [0.3, 0.4) is 0 Å². The summed E-state index contributed by atoms with van der Waals surface area (Å²) in [5, 5.41) is 0. The molecule has 5 atom stereocenters. The predicted molar refractivity (Wildman–Crippen MR) is 57.2 cm³/mol. The average Bonchev–Trinajstić information content (AvgIpc) is 2.89. The molecule has 0 aromatic heterocycles. The normalized spacial score (nSPS) is 59.4. The summed E-state index contributed by atoms with van der Waals surface area (Å²) in [6.45, 7) is 2.38. The highest BCUT2D eigenvalue weighted by Gasteiger charge is 2.68. The summed E-state index contributed by atoms with van der Waals surface area (Å²) in [6.07, 6.45) is 8.65. The molecule has 16 heavy (non-hydrogen) atoms. The second-order valence-electron chi connectivity index (χ2n) is 6.24. The molecule has 2 aliphatic carbocycles. The lowest BCUT2D eigenvalue weighted by molar-refractivity contribution is -0.365. The Kier molecular flexibility index (Phi) is 1.85. The maximum Gasteiger partial charge on any atom is 0.210 e. The number of rotatable bonds is 0. The van der Waals surface area contributed by atoms with Crippen molar-refractivity contribution < 1.29 is 14.5 Å². The summed E-state index contributed by atoms with van der Waals surface area (Å²) in [7, 11) is 0. The van der Waals surface area contributed by atoms with E-state index in [1.807, 2.05) is 0 Å². The molecule has 4 rings (SSSR count). The third-order valence-electron chi connectivity index (χ3n) is 5.64. The molecule has 2 heterocycles. The van der Waals surface area contributed by atoms with Gasteiger partial charge in [-0.15, -0.1) is 0 Å². The fourth-order valence-corrected chi connectivity index (χ4v) is 4.74. The Morgan fingerprint density at radius 3 is 2.88 bits per heavy atom. The third kappa shape index (κ3) is 0.964. The third-order valence-corrected chi connectivity index (χ3v) is 5.64. The summed E-state index contributed by atoms with van der Waals surface area (Å²) < 4.78 is 6.16. The summed E-state index contributed by atoms with van der Waals surface area (Å²) in [5.74, 6) is 0.939. The molecule has 2 aliphatic heterocycles. The van der Waals surface area contributed by atoms with E-state index < -0.39 is 5.79 Å². The van der Waals surface area contributed by atoms with Gasteiger partial charge >= 0.3 is 0 Å². The van der Waals surface area contributed by atoms with Crippen LogP contribution in [0.5, 0.6) is 0 Å². The van der Waals surface area contributed by atoms with Crippen molar-refractivity contribution in [2.45, 2.75) is 63.9 Å². The van der Waals surface area contributed by atoms with E-state index in [0.717, 1.165) is 12.3 Å². The summed E-state index contributed by atoms with van der Waals surface area (Å²) in [5.41, 5.74) is 0.194. The van der Waals surface area contributed by atoms with Crippen LogP contribution >= 0.6 is 0 Å². The smallest absolute Gasteiger partial charge is 0.210 e. The molecule has 2 bridgehead atoms. The first-order valence-electron chi connectivity index (χ1n) is 6.78. The summed E-state index contributed by atoms with van der Waals surface area (Å²) >= 11 is 0. The van der Waals surface area contributed by atoms with Crippen molar-refractivity contribution >= 4 is 0 Å². The van der Waals surface area contributed by atoms with Gasteiger partial charge in [-0.1, -0.05) is 19.8 Å². The zero-order valence-corrected chi connectivity index (χ0v) is 9.91. The number of hydrogen-bond donors (Lipinski definition) is 0. The van der Waals surface area contributed by atoms with Crippen molar-refractivity contribution in [3.8, 4) is 0 Å². The molecule has 90 valence electrons. The molecule has 0 N–H and O–H groups in total. The fraction of sp³-hybridized carbons (Fsp3) is 1.00. The fourth-order valence-electron chi connectivity index (χ4n) is 4.74. The highest BCUT2D eigenvalue weighted by molar-refractivity contribution is 5.06. The van der Waals surface area contributed by atoms with Gasteiger partial charge in [-0.3, -0.25) is 0 Å². The minimum Gasteiger partial charge on any atom is -0.314 e. The zero-order chi connectivity index (χ0) is 10.8. The number of ether oxygens (including phenoxy) is 1. The summed E-state index contributed by atoms with van der Waals surface area (Å²) in [6, 6.07) is 0. The molecular formula is C13H20O3. The van der Waals surface area contributed by atoms with Gasteiger partial charge in [0.15, 0.2) is 6.29 Å². The van der Waals surface area contributed by atoms with Gasteiger partial charge in [0, 0.05) is 17.8 Å². The van der Waals surface area contributed by atoms with E-state index in [-0.39, 0.29) is 11.7 Å². The minimum atomic E-state index is -0.401. The first-order chi connectivity index (χ1) is 7.75. The molecule has 0 radical (unpaired) electrons. The Labute approximate surface area is 96.4 Å². The van der Waals surface area contributed by atoms with E-state index in [1.165, 1.54) is 38.5 Å². The first-order valence-corrected chi connectivity index (χ1v) is 6.78. The van der Waals surface area contributed by atoms with Crippen molar-refractivity contribution in [2.75, 3.05) is 0 Å². The van der Waals surface area contributed by atoms with Gasteiger partial charge in [-0.05, 0) is 31.6 Å². The average molecular weight is 224 g/mol. The van der Waals surface area contributed by atoms with E-state index in [0.29, 0.717) is 5.92 Å². The van der Waals surface area contributed by atoms with Crippen LogP contribution in [0, 0.1) is 17.3 Å². The Hall–Kier alpha value is -0.120. The molecule has 3 nitrogen and oxygen atoms in total. The van der Waals surface area contributed by atoms with Crippen LogP contribution in [0.2, 0.25) is 0 Å². The lowest BCUT2D eigenvalue weighted by atomic mass is 9.59. The van der Waals surface area contributed by atoms with E-state index in [2.05, 4.69) is 6.92 Å². The molecule has 2 saturated carbocycles. The lowest BCUT2D eigenvalue weighted by Gasteiger charge is -2.53. The van der Waals surface area contributed by atoms with Gasteiger partial charge in [0.05, 0.1) is 0 Å². The molecule has 2 unspecified atom stereocenters. The molecule has 0 aromatic carbocycles. The van der Waals surface area contributed by atoms with Crippen LogP contribution in [0.4, 0.5) is 0 Å². The second kappa shape index (κ2) is 3.01. The Morgan fingerprint density at radius 1 is 1.06 bits per heavy atom. The molecule has 0 amide bonds. The zero-order valence-electron chi connectivity index (χ0n) is 9.91. The standard InChI is InChI=1S/C13H20O3/c1-12-7-2-3-8-13(12)14-11(15-16-13)9-5-4-6-10(9)12/h9-11H,2-8H2,1H3/t9-,10+,11?,12-,13?/m1/s1. The van der Waals surface area contributed by atoms with E-state index in [1.54, 1.807) is 0 Å². The quantitative estimate of drug-likeness (QED) is 0.592. The monoisotopic (exact) mass is 224 g/mol. The van der Waals surface area contributed by atoms with Gasteiger partial charge in [0.2, 0.25) is 5.79 Å². The largest absolute Gasteiger partial charge is 0.314 e. The maximum atomic E-state index is 6.16. The lowest BCUT2D eigenvalue weighted by Crippen LogP contribution is -2.58. The summed E-state index contributed by atoms with van der Waals surface area (Å²) in [4.78, 5) is 11.2. The van der Waals surface area contributed by atoms with Gasteiger partial charge < -0.3 is 4.74 Å². The Balaban J connectivity index is 1.80. The maximum absolute atomic E-state index is 6.16. The molecule has 4 fully saturated rings. The highest BCUT2D eigenvalue weighted by Crippen LogP contribution is 2.65. The molecule has 0 aromatic rings. The van der Waals surface area contributed by atoms with Gasteiger partial charge in [0.25, 0.3) is 0 Å². The van der Waals surface area contributed by atoms with Crippen molar-refractivity contribution in [3.63, 3.8) is 0 Å². The predicted octanol–water partition coefficient (Wildman–Crippen LogP) is 3.00. The van der Waals surface area contributed by atoms with Gasteiger partial charge in [-0.25, -0.2) is 4.89 Å². The molecule has 4 aliphatic rings. The topological polar surface area (TPSA) is 27.7 Å². The van der Waals surface area contributed by atoms with Crippen LogP contribution in [-0.2, 0) is 14.5 Å². The molecular weight excluding hydrogens is 204 g/mol. The SMILES string of the molecule is C[C@]12CCCCC13OOC(O3)[C@@H]1CCC[C@@H]12. The second-order valence-corrected chi connectivity index (χ2v) is 6.24. The van der Waals surface area contributed by atoms with E-state index in [4.69, 9.17) is 14.5 Å². The van der Waals surface area contributed by atoms with E-state index >= 15 is 0 Å². The Morgan fingerprint density at radius 2 is 1.94 bits per heavy atom. The molecule has 1 spiro atoms. The van der Waals surface area contributed by atoms with Crippen LogP contribution in [-0.4, -0.2) is 12.1 Å². The van der Waals surface area contributed by atoms with Crippen molar-refractivity contribution in [3.05, 3.63) is 0 Å². The number of fused-ring (bicyclic) bond motifs is 4. The van der Waals surface area contributed by atoms with Crippen LogP contribution < -0.4 is 0 Å². The van der Waals surface area contributed by atoms with Gasteiger partial charge in [0.1, 0.15) is 0 Å². The highest BCUT2D eigenvalue weighted by atomic mass is 17.3.